The molecule has 0 radical (unpaired) electrons. The van der Waals surface area contributed by atoms with Crippen molar-refractivity contribution >= 4 is 94.1 Å². The minimum atomic E-state index is 0.909. The summed E-state index contributed by atoms with van der Waals surface area (Å²) in [6, 6.07) is 0. The molecule has 4 aliphatic rings. The molecule has 0 saturated carbocycles. The SMILES string of the molecule is CCCSC1SC1C1CSC(C2SC2SCCC)C(C2SC2SCCC)S1. The predicted octanol–water partition coefficient (Wildman–Crippen LogP) is 7.33. The third kappa shape index (κ3) is 6.19. The van der Waals surface area contributed by atoms with Crippen LogP contribution in [0.4, 0.5) is 0 Å². The third-order valence-electron chi connectivity index (χ3n) is 5.03. The quantitative estimate of drug-likeness (QED) is 0.244. The van der Waals surface area contributed by atoms with Crippen LogP contribution in [0, 0.1) is 0 Å². The van der Waals surface area contributed by atoms with E-state index in [0.717, 1.165) is 45.2 Å². The summed E-state index contributed by atoms with van der Waals surface area (Å²) in [5, 5.41) is 5.58. The number of hydrogen-bond donors (Lipinski definition) is 0. The lowest BCUT2D eigenvalue weighted by Crippen LogP contribution is -2.39. The smallest absolute Gasteiger partial charge is 0.0636 e. The van der Waals surface area contributed by atoms with Gasteiger partial charge >= 0.3 is 0 Å². The summed E-state index contributed by atoms with van der Waals surface area (Å²) in [6.07, 6.45) is 3.99. The van der Waals surface area contributed by atoms with Gasteiger partial charge in [0.15, 0.2) is 0 Å². The summed E-state index contributed by atoms with van der Waals surface area (Å²) in [4.78, 5) is 0. The van der Waals surface area contributed by atoms with E-state index in [2.05, 4.69) is 115 Å². The van der Waals surface area contributed by atoms with E-state index in [1.165, 1.54) is 42.3 Å². The van der Waals surface area contributed by atoms with Crippen molar-refractivity contribution in [1.82, 2.24) is 0 Å². The molecule has 0 bridgehead atoms. The van der Waals surface area contributed by atoms with Gasteiger partial charge in [-0.3, -0.25) is 0 Å². The summed E-state index contributed by atoms with van der Waals surface area (Å²) < 4.78 is 2.74. The molecule has 4 fully saturated rings. The fourth-order valence-corrected chi connectivity index (χ4v) is 17.5. The highest BCUT2D eigenvalue weighted by atomic mass is 32.2. The molecule has 4 aliphatic heterocycles. The first kappa shape index (κ1) is 23.0. The fourth-order valence-electron chi connectivity index (χ4n) is 3.50. The van der Waals surface area contributed by atoms with Gasteiger partial charge in [0.05, 0.1) is 13.7 Å². The molecule has 0 aromatic rings. The Bertz CT molecular complexity index is 477. The molecular weight excluding hydrogens is 485 g/mol. The molecule has 9 atom stereocenters. The highest BCUT2D eigenvalue weighted by Crippen LogP contribution is 2.65. The largest absolute Gasteiger partial charge is 0.155 e. The minimum absolute atomic E-state index is 0.909. The molecule has 0 amide bonds. The molecule has 0 N–H and O–H groups in total. The molecule has 4 saturated heterocycles. The lowest BCUT2D eigenvalue weighted by atomic mass is 10.2. The van der Waals surface area contributed by atoms with Crippen LogP contribution >= 0.6 is 94.1 Å². The van der Waals surface area contributed by atoms with E-state index in [9.17, 15) is 0 Å². The lowest BCUT2D eigenvalue weighted by Gasteiger charge is -2.35. The van der Waals surface area contributed by atoms with Crippen molar-refractivity contribution in [1.29, 1.82) is 0 Å². The monoisotopic (exact) mass is 516 g/mol. The number of rotatable bonds is 12. The molecule has 4 heterocycles. The summed E-state index contributed by atoms with van der Waals surface area (Å²) in [5.74, 6) is 5.48. The van der Waals surface area contributed by atoms with Crippen LogP contribution in [-0.2, 0) is 0 Å². The van der Waals surface area contributed by atoms with Crippen molar-refractivity contribution in [2.45, 2.75) is 85.3 Å². The zero-order valence-electron chi connectivity index (χ0n) is 16.4. The van der Waals surface area contributed by atoms with Crippen LogP contribution in [0.15, 0.2) is 0 Å². The van der Waals surface area contributed by atoms with E-state index >= 15 is 0 Å². The zero-order chi connectivity index (χ0) is 18.8. The fraction of sp³-hybridized carbons (Fsp3) is 1.00. The first-order valence-corrected chi connectivity index (χ1v) is 18.3. The van der Waals surface area contributed by atoms with Crippen molar-refractivity contribution in [3.8, 4) is 0 Å². The Labute approximate surface area is 200 Å². The van der Waals surface area contributed by atoms with Crippen LogP contribution in [0.5, 0.6) is 0 Å². The van der Waals surface area contributed by atoms with Crippen molar-refractivity contribution in [2.75, 3.05) is 23.0 Å². The van der Waals surface area contributed by atoms with E-state index in [-0.39, 0.29) is 0 Å². The van der Waals surface area contributed by atoms with Gasteiger partial charge in [-0.15, -0.1) is 70.6 Å². The van der Waals surface area contributed by atoms with E-state index < -0.39 is 0 Å². The summed E-state index contributed by atoms with van der Waals surface area (Å²) >= 11 is 18.4. The van der Waals surface area contributed by atoms with Gasteiger partial charge in [-0.25, -0.2) is 0 Å². The molecule has 8 heteroatoms. The summed E-state index contributed by atoms with van der Waals surface area (Å²) in [7, 11) is 0. The van der Waals surface area contributed by atoms with Crippen molar-refractivity contribution in [3.05, 3.63) is 0 Å². The van der Waals surface area contributed by atoms with Gasteiger partial charge in [-0.2, -0.15) is 23.5 Å². The minimum Gasteiger partial charge on any atom is -0.155 e. The highest BCUT2D eigenvalue weighted by Gasteiger charge is 2.58. The van der Waals surface area contributed by atoms with E-state index in [0.29, 0.717) is 0 Å². The molecule has 0 nitrogen and oxygen atoms in total. The van der Waals surface area contributed by atoms with Gasteiger partial charge in [0, 0.05) is 37.3 Å². The Hall–Kier alpha value is 2.80. The molecule has 4 rings (SSSR count). The summed E-state index contributed by atoms with van der Waals surface area (Å²) in [5.41, 5.74) is 0. The zero-order valence-corrected chi connectivity index (χ0v) is 22.9. The van der Waals surface area contributed by atoms with E-state index in [4.69, 9.17) is 0 Å². The topological polar surface area (TPSA) is 0 Å². The predicted molar refractivity (Wildman–Crippen MR) is 145 cm³/mol. The maximum atomic E-state index is 2.44. The van der Waals surface area contributed by atoms with Gasteiger partial charge in [-0.05, 0) is 36.5 Å². The van der Waals surface area contributed by atoms with Crippen molar-refractivity contribution < 1.29 is 0 Å². The molecule has 0 aromatic heterocycles. The van der Waals surface area contributed by atoms with Gasteiger partial charge in [0.25, 0.3) is 0 Å². The van der Waals surface area contributed by atoms with Crippen LogP contribution in [0.3, 0.4) is 0 Å². The maximum Gasteiger partial charge on any atom is 0.0636 e. The van der Waals surface area contributed by atoms with Crippen LogP contribution in [-0.4, -0.2) is 68.3 Å². The Morgan fingerprint density at radius 1 is 0.593 bits per heavy atom. The first-order chi connectivity index (χ1) is 13.3. The second kappa shape index (κ2) is 11.1. The van der Waals surface area contributed by atoms with E-state index in [1.807, 2.05) is 0 Å². The Morgan fingerprint density at radius 2 is 1.07 bits per heavy atom. The van der Waals surface area contributed by atoms with Crippen LogP contribution < -0.4 is 0 Å². The molecule has 0 aromatic carbocycles. The van der Waals surface area contributed by atoms with Crippen LogP contribution in [0.25, 0.3) is 0 Å². The maximum absolute atomic E-state index is 2.44. The average molecular weight is 517 g/mol. The molecule has 9 unspecified atom stereocenters. The second-order valence-electron chi connectivity index (χ2n) is 7.46. The molecule has 0 spiro atoms. The van der Waals surface area contributed by atoms with Gasteiger partial charge in [0.1, 0.15) is 0 Å². The van der Waals surface area contributed by atoms with E-state index in [1.54, 1.807) is 0 Å². The molecule has 0 aliphatic carbocycles. The lowest BCUT2D eigenvalue weighted by molar-refractivity contribution is 0.788. The third-order valence-corrected chi connectivity index (χ3v) is 19.1. The van der Waals surface area contributed by atoms with Crippen molar-refractivity contribution in [2.24, 2.45) is 0 Å². The van der Waals surface area contributed by atoms with Crippen LogP contribution in [0.2, 0.25) is 0 Å². The standard InChI is InChI=1S/C19H32S8/c1-4-7-20-17-12(25-17)11-10-23-13(15-18(26-15)21-8-5-2)14(24-11)16-19(27-16)22-9-6-3/h11-19H,4-10H2,1-3H3. The van der Waals surface area contributed by atoms with Gasteiger partial charge < -0.3 is 0 Å². The first-order valence-electron chi connectivity index (χ1n) is 10.3. The van der Waals surface area contributed by atoms with Crippen molar-refractivity contribution in [3.63, 3.8) is 0 Å². The van der Waals surface area contributed by atoms with Gasteiger partial charge in [0.2, 0.25) is 0 Å². The Balaban J connectivity index is 1.32. The summed E-state index contributed by atoms with van der Waals surface area (Å²) in [6.45, 7) is 6.97. The second-order valence-corrected chi connectivity index (χ2v) is 18.7. The van der Waals surface area contributed by atoms with Gasteiger partial charge in [-0.1, -0.05) is 20.8 Å². The molecular formula is C19H32S8. The molecule has 27 heavy (non-hydrogen) atoms. The average Bonchev–Trinajstić information content (AvgIpc) is 3.57. The van der Waals surface area contributed by atoms with Crippen LogP contribution in [0.1, 0.15) is 40.0 Å². The highest BCUT2D eigenvalue weighted by molar-refractivity contribution is 8.26. The number of thioether (sulfide) groups is 8. The normalized spacial score (nSPS) is 45.7. The Kier molecular flexibility index (Phi) is 9.44. The Morgan fingerprint density at radius 3 is 1.63 bits per heavy atom. The number of hydrogen-bond acceptors (Lipinski definition) is 8. The molecule has 156 valence electrons.